The van der Waals surface area contributed by atoms with E-state index in [4.69, 9.17) is 9.47 Å². The van der Waals surface area contributed by atoms with Gasteiger partial charge in [-0.15, -0.1) is 0 Å². The SMILES string of the molecule is CCS(=O)(=O)Nc1ccc(-c2cc(Nc3cccc(OC)n3)n[nH]2)cc1OCc1ccc(F)cc1. The Morgan fingerprint density at radius 3 is 2.57 bits per heavy atom. The van der Waals surface area contributed by atoms with Crippen molar-refractivity contribution in [2.75, 3.05) is 22.9 Å². The molecule has 0 fully saturated rings. The van der Waals surface area contributed by atoms with Gasteiger partial charge in [-0.3, -0.25) is 9.82 Å². The van der Waals surface area contributed by atoms with Gasteiger partial charge in [-0.1, -0.05) is 24.3 Å². The van der Waals surface area contributed by atoms with E-state index in [-0.39, 0.29) is 18.2 Å². The molecule has 0 bridgehead atoms. The minimum absolute atomic E-state index is 0.0833. The first-order valence-electron chi connectivity index (χ1n) is 10.7. The van der Waals surface area contributed by atoms with Crippen molar-refractivity contribution in [3.63, 3.8) is 0 Å². The van der Waals surface area contributed by atoms with Crippen LogP contribution in [0.1, 0.15) is 12.5 Å². The summed E-state index contributed by atoms with van der Waals surface area (Å²) in [5.74, 6) is 1.46. The highest BCUT2D eigenvalue weighted by molar-refractivity contribution is 7.92. The lowest BCUT2D eigenvalue weighted by molar-refractivity contribution is 0.308. The number of sulfonamides is 1. The molecule has 0 saturated heterocycles. The number of methoxy groups -OCH3 is 1. The maximum Gasteiger partial charge on any atom is 0.232 e. The maximum absolute atomic E-state index is 13.2. The molecule has 182 valence electrons. The van der Waals surface area contributed by atoms with Crippen LogP contribution in [-0.4, -0.2) is 36.5 Å². The molecule has 0 radical (unpaired) electrons. The molecule has 3 N–H and O–H groups in total. The van der Waals surface area contributed by atoms with Gasteiger partial charge < -0.3 is 14.8 Å². The van der Waals surface area contributed by atoms with Gasteiger partial charge in [0.15, 0.2) is 5.82 Å². The summed E-state index contributed by atoms with van der Waals surface area (Å²) in [6, 6.07) is 18.1. The second-order valence-electron chi connectivity index (χ2n) is 7.49. The second kappa shape index (κ2) is 10.4. The van der Waals surface area contributed by atoms with E-state index in [0.717, 1.165) is 11.1 Å². The van der Waals surface area contributed by atoms with Crippen molar-refractivity contribution in [1.82, 2.24) is 15.2 Å². The van der Waals surface area contributed by atoms with Crippen LogP contribution in [0.5, 0.6) is 11.6 Å². The predicted octanol–water partition coefficient (Wildman–Crippen LogP) is 4.70. The summed E-state index contributed by atoms with van der Waals surface area (Å²) in [6.45, 7) is 1.67. The van der Waals surface area contributed by atoms with Crippen LogP contribution in [0.15, 0.2) is 66.7 Å². The van der Waals surface area contributed by atoms with Crippen LogP contribution >= 0.6 is 0 Å². The summed E-state index contributed by atoms with van der Waals surface area (Å²) in [7, 11) is -1.98. The van der Waals surface area contributed by atoms with Crippen LogP contribution in [-0.2, 0) is 16.6 Å². The second-order valence-corrected chi connectivity index (χ2v) is 9.50. The summed E-state index contributed by atoms with van der Waals surface area (Å²) in [6.07, 6.45) is 0. The molecule has 4 aromatic rings. The molecule has 2 aromatic carbocycles. The zero-order valence-corrected chi connectivity index (χ0v) is 19.9. The first kappa shape index (κ1) is 24.0. The molecule has 4 rings (SSSR count). The van der Waals surface area contributed by atoms with Gasteiger partial charge >= 0.3 is 0 Å². The average Bonchev–Trinajstić information content (AvgIpc) is 3.32. The van der Waals surface area contributed by atoms with Crippen LogP contribution in [0.4, 0.5) is 21.7 Å². The van der Waals surface area contributed by atoms with Gasteiger partial charge in [0, 0.05) is 17.7 Å². The zero-order chi connectivity index (χ0) is 24.8. The Hall–Kier alpha value is -4.12. The fourth-order valence-electron chi connectivity index (χ4n) is 3.14. The van der Waals surface area contributed by atoms with Gasteiger partial charge in [-0.2, -0.15) is 10.1 Å². The van der Waals surface area contributed by atoms with E-state index >= 15 is 0 Å². The number of nitrogens with zero attached hydrogens (tertiary/aromatic N) is 2. The molecule has 11 heteroatoms. The third kappa shape index (κ3) is 6.27. The van der Waals surface area contributed by atoms with Gasteiger partial charge in [0.05, 0.1) is 24.2 Å². The number of anilines is 3. The van der Waals surface area contributed by atoms with E-state index in [1.165, 1.54) is 12.1 Å². The number of pyridine rings is 1. The first-order chi connectivity index (χ1) is 16.8. The minimum atomic E-state index is -3.52. The Morgan fingerprint density at radius 1 is 1.03 bits per heavy atom. The highest BCUT2D eigenvalue weighted by Crippen LogP contribution is 2.32. The third-order valence-corrected chi connectivity index (χ3v) is 6.30. The predicted molar refractivity (Wildman–Crippen MR) is 132 cm³/mol. The number of ether oxygens (including phenoxy) is 2. The van der Waals surface area contributed by atoms with E-state index < -0.39 is 10.0 Å². The van der Waals surface area contributed by atoms with Crippen molar-refractivity contribution in [3.05, 3.63) is 78.1 Å². The number of hydrogen-bond acceptors (Lipinski definition) is 7. The number of aromatic amines is 1. The maximum atomic E-state index is 13.2. The summed E-state index contributed by atoms with van der Waals surface area (Å²) < 4.78 is 51.1. The molecule has 0 spiro atoms. The van der Waals surface area contributed by atoms with E-state index in [1.807, 2.05) is 6.07 Å². The highest BCUT2D eigenvalue weighted by atomic mass is 32.2. The molecule has 2 heterocycles. The number of halogens is 1. The standard InChI is InChI=1S/C24H24FN5O4S/c1-3-35(31,32)30-19-12-9-17(13-21(19)34-15-16-7-10-18(25)11-8-16)20-14-23(29-28-20)26-22-5-4-6-24(27-22)33-2/h4-14,30H,3,15H2,1-2H3,(H2,26,27,28,29). The van der Waals surface area contributed by atoms with Crippen LogP contribution in [0.2, 0.25) is 0 Å². The molecular weight excluding hydrogens is 473 g/mol. The molecule has 2 aromatic heterocycles. The van der Waals surface area contributed by atoms with Crippen molar-refractivity contribution in [2.45, 2.75) is 13.5 Å². The number of nitrogens with one attached hydrogen (secondary N) is 3. The number of H-pyrrole nitrogens is 1. The monoisotopic (exact) mass is 497 g/mol. The lowest BCUT2D eigenvalue weighted by atomic mass is 10.1. The molecule has 9 nitrogen and oxygen atoms in total. The van der Waals surface area contributed by atoms with Crippen molar-refractivity contribution < 1.29 is 22.3 Å². The Balaban J connectivity index is 1.58. The van der Waals surface area contributed by atoms with E-state index in [1.54, 1.807) is 62.6 Å². The summed E-state index contributed by atoms with van der Waals surface area (Å²) in [4.78, 5) is 4.30. The van der Waals surface area contributed by atoms with Gasteiger partial charge in [0.1, 0.15) is 24.0 Å². The number of benzene rings is 2. The molecule has 0 aliphatic rings. The van der Waals surface area contributed by atoms with Gasteiger partial charge in [0.2, 0.25) is 15.9 Å². The molecular formula is C24H24FN5O4S. The largest absolute Gasteiger partial charge is 0.487 e. The summed E-state index contributed by atoms with van der Waals surface area (Å²) >= 11 is 0. The van der Waals surface area contributed by atoms with Crippen molar-refractivity contribution in [1.29, 1.82) is 0 Å². The number of rotatable bonds is 10. The molecule has 0 aliphatic carbocycles. The Kier molecular flexibility index (Phi) is 7.16. The lowest BCUT2D eigenvalue weighted by Gasteiger charge is -2.14. The Bertz CT molecular complexity index is 1410. The summed E-state index contributed by atoms with van der Waals surface area (Å²) in [5, 5.41) is 10.3. The van der Waals surface area contributed by atoms with Gasteiger partial charge in [-0.05, 0) is 42.8 Å². The molecule has 0 amide bonds. The van der Waals surface area contributed by atoms with Crippen molar-refractivity contribution >= 4 is 27.3 Å². The Labute approximate surface area is 202 Å². The van der Waals surface area contributed by atoms with Crippen LogP contribution in [0.3, 0.4) is 0 Å². The van der Waals surface area contributed by atoms with E-state index in [0.29, 0.717) is 34.6 Å². The minimum Gasteiger partial charge on any atom is -0.487 e. The fraction of sp³-hybridized carbons (Fsp3) is 0.167. The average molecular weight is 498 g/mol. The van der Waals surface area contributed by atoms with Crippen LogP contribution in [0.25, 0.3) is 11.3 Å². The molecule has 35 heavy (non-hydrogen) atoms. The number of aromatic nitrogens is 3. The quantitative estimate of drug-likeness (QED) is 0.291. The molecule has 0 unspecified atom stereocenters. The molecule has 0 atom stereocenters. The van der Waals surface area contributed by atoms with Crippen LogP contribution in [0, 0.1) is 5.82 Å². The van der Waals surface area contributed by atoms with Gasteiger partial charge in [0.25, 0.3) is 0 Å². The molecule has 0 aliphatic heterocycles. The van der Waals surface area contributed by atoms with Crippen molar-refractivity contribution in [3.8, 4) is 22.9 Å². The fourth-order valence-corrected chi connectivity index (χ4v) is 3.79. The van der Waals surface area contributed by atoms with Gasteiger partial charge in [-0.25, -0.2) is 12.8 Å². The normalized spacial score (nSPS) is 11.2. The number of hydrogen-bond donors (Lipinski definition) is 3. The third-order valence-electron chi connectivity index (χ3n) is 5.01. The van der Waals surface area contributed by atoms with E-state index in [2.05, 4.69) is 25.2 Å². The summed E-state index contributed by atoms with van der Waals surface area (Å²) in [5.41, 5.74) is 2.43. The zero-order valence-electron chi connectivity index (χ0n) is 19.1. The van der Waals surface area contributed by atoms with E-state index in [9.17, 15) is 12.8 Å². The van der Waals surface area contributed by atoms with Crippen molar-refractivity contribution in [2.24, 2.45) is 0 Å². The highest BCUT2D eigenvalue weighted by Gasteiger charge is 2.14. The molecule has 0 saturated carbocycles. The Morgan fingerprint density at radius 2 is 1.83 bits per heavy atom. The lowest BCUT2D eigenvalue weighted by Crippen LogP contribution is -2.15. The topological polar surface area (TPSA) is 118 Å². The van der Waals surface area contributed by atoms with Crippen LogP contribution < -0.4 is 19.5 Å². The smallest absolute Gasteiger partial charge is 0.232 e. The first-order valence-corrected chi connectivity index (χ1v) is 12.4.